The van der Waals surface area contributed by atoms with E-state index in [4.69, 9.17) is 0 Å². The Hall–Kier alpha value is -3.45. The molecule has 7 nitrogen and oxygen atoms in total. The number of amides is 1. The summed E-state index contributed by atoms with van der Waals surface area (Å²) in [5, 5.41) is 15.5. The van der Waals surface area contributed by atoms with Crippen molar-refractivity contribution in [1.29, 1.82) is 0 Å². The number of aromatic amines is 1. The van der Waals surface area contributed by atoms with Gasteiger partial charge in [0.05, 0.1) is 11.7 Å². The summed E-state index contributed by atoms with van der Waals surface area (Å²) in [6.07, 6.45) is 6.45. The third kappa shape index (κ3) is 4.16. The maximum absolute atomic E-state index is 13.0. The molecule has 0 bridgehead atoms. The van der Waals surface area contributed by atoms with Crippen molar-refractivity contribution in [2.24, 2.45) is 0 Å². The molecule has 2 N–H and O–H groups in total. The van der Waals surface area contributed by atoms with Crippen molar-refractivity contribution < 1.29 is 4.79 Å². The van der Waals surface area contributed by atoms with E-state index in [1.165, 1.54) is 31.5 Å². The first kappa shape index (κ1) is 20.5. The predicted octanol–water partition coefficient (Wildman–Crippen LogP) is 4.86. The van der Waals surface area contributed by atoms with E-state index >= 15 is 0 Å². The molecule has 1 amide bonds. The summed E-state index contributed by atoms with van der Waals surface area (Å²) in [6.45, 7) is 7.50. The highest BCUT2D eigenvalue weighted by Crippen LogP contribution is 2.26. The summed E-state index contributed by atoms with van der Waals surface area (Å²) in [4.78, 5) is 15.4. The molecular formula is C25H28N6O. The fourth-order valence-electron chi connectivity index (χ4n) is 4.22. The van der Waals surface area contributed by atoms with Gasteiger partial charge in [-0.05, 0) is 75.2 Å². The number of fused-ring (bicyclic) bond motifs is 1. The third-order valence-corrected chi connectivity index (χ3v) is 6.06. The van der Waals surface area contributed by atoms with E-state index in [0.29, 0.717) is 11.7 Å². The minimum atomic E-state index is -0.224. The lowest BCUT2D eigenvalue weighted by Crippen LogP contribution is -2.18. The summed E-state index contributed by atoms with van der Waals surface area (Å²) in [6, 6.07) is 14.4. The van der Waals surface area contributed by atoms with Crippen LogP contribution in [-0.2, 0) is 6.54 Å². The van der Waals surface area contributed by atoms with E-state index in [2.05, 4.69) is 51.5 Å². The second kappa shape index (κ2) is 8.59. The largest absolute Gasteiger partial charge is 0.321 e. The van der Waals surface area contributed by atoms with Crippen molar-refractivity contribution in [2.45, 2.75) is 39.3 Å². The molecule has 1 aliphatic rings. The number of carbonyl (C=O) groups is 1. The molecule has 0 saturated carbocycles. The van der Waals surface area contributed by atoms with Crippen molar-refractivity contribution in [2.75, 3.05) is 18.4 Å². The molecule has 1 aliphatic heterocycles. The fourth-order valence-corrected chi connectivity index (χ4v) is 4.22. The molecule has 2 aromatic carbocycles. The second-order valence-corrected chi connectivity index (χ2v) is 8.77. The molecule has 164 valence electrons. The SMILES string of the molecule is CC(C)n1cc(-c2ccc3[nH]nc(C(=O)Nc4ccc(CN5CCCC5)cc4)c3c2)cn1. The normalized spacial score (nSPS) is 14.5. The molecule has 3 heterocycles. The Bertz CT molecular complexity index is 1230. The quantitative estimate of drug-likeness (QED) is 0.460. The summed E-state index contributed by atoms with van der Waals surface area (Å²) in [5.41, 5.74) is 5.27. The topological polar surface area (TPSA) is 78.8 Å². The summed E-state index contributed by atoms with van der Waals surface area (Å²) in [7, 11) is 0. The molecule has 7 heteroatoms. The van der Waals surface area contributed by atoms with Crippen molar-refractivity contribution in [1.82, 2.24) is 24.9 Å². The number of rotatable bonds is 6. The zero-order chi connectivity index (χ0) is 22.1. The predicted molar refractivity (Wildman–Crippen MR) is 127 cm³/mol. The Labute approximate surface area is 187 Å². The molecule has 0 aliphatic carbocycles. The number of aromatic nitrogens is 4. The van der Waals surface area contributed by atoms with Crippen molar-refractivity contribution in [3.05, 3.63) is 66.1 Å². The van der Waals surface area contributed by atoms with Gasteiger partial charge in [0.15, 0.2) is 5.69 Å². The Morgan fingerprint density at radius 1 is 1.09 bits per heavy atom. The van der Waals surface area contributed by atoms with Crippen LogP contribution >= 0.6 is 0 Å². The third-order valence-electron chi connectivity index (χ3n) is 6.06. The standard InChI is InChI=1S/C25H28N6O/c1-17(2)31-16-20(14-26-31)19-7-10-23-22(13-19)24(29-28-23)25(32)27-21-8-5-18(6-9-21)15-30-11-3-4-12-30/h5-10,13-14,16-17H,3-4,11-12,15H2,1-2H3,(H,27,32)(H,28,29). The van der Waals surface area contributed by atoms with Gasteiger partial charge in [-0.3, -0.25) is 19.5 Å². The molecule has 4 aromatic rings. The van der Waals surface area contributed by atoms with E-state index in [0.717, 1.165) is 34.3 Å². The monoisotopic (exact) mass is 428 g/mol. The van der Waals surface area contributed by atoms with Crippen LogP contribution in [0, 0.1) is 0 Å². The van der Waals surface area contributed by atoms with Gasteiger partial charge in [0.2, 0.25) is 0 Å². The van der Waals surface area contributed by atoms with Gasteiger partial charge >= 0.3 is 0 Å². The molecule has 32 heavy (non-hydrogen) atoms. The number of H-pyrrole nitrogens is 1. The highest BCUT2D eigenvalue weighted by atomic mass is 16.1. The Kier molecular flexibility index (Phi) is 5.49. The first-order chi connectivity index (χ1) is 15.6. The molecule has 0 unspecified atom stereocenters. The molecule has 1 fully saturated rings. The van der Waals surface area contributed by atoms with Gasteiger partial charge < -0.3 is 5.32 Å². The Morgan fingerprint density at radius 3 is 2.59 bits per heavy atom. The van der Waals surface area contributed by atoms with Crippen LogP contribution in [0.4, 0.5) is 5.69 Å². The van der Waals surface area contributed by atoms with Crippen molar-refractivity contribution in [3.63, 3.8) is 0 Å². The number of nitrogens with one attached hydrogen (secondary N) is 2. The van der Waals surface area contributed by atoms with Crippen LogP contribution in [0.3, 0.4) is 0 Å². The van der Waals surface area contributed by atoms with Crippen LogP contribution in [0.25, 0.3) is 22.0 Å². The zero-order valence-corrected chi connectivity index (χ0v) is 18.5. The van der Waals surface area contributed by atoms with Gasteiger partial charge in [-0.15, -0.1) is 0 Å². The van der Waals surface area contributed by atoms with Crippen molar-refractivity contribution >= 4 is 22.5 Å². The number of hydrogen-bond donors (Lipinski definition) is 2. The van der Waals surface area contributed by atoms with Gasteiger partial charge in [0.25, 0.3) is 5.91 Å². The number of benzene rings is 2. The van der Waals surface area contributed by atoms with Gasteiger partial charge in [0.1, 0.15) is 0 Å². The summed E-state index contributed by atoms with van der Waals surface area (Å²) >= 11 is 0. The average molecular weight is 429 g/mol. The molecule has 0 spiro atoms. The lowest BCUT2D eigenvalue weighted by atomic mass is 10.1. The van der Waals surface area contributed by atoms with Crippen LogP contribution in [-0.4, -0.2) is 43.9 Å². The Morgan fingerprint density at radius 2 is 1.88 bits per heavy atom. The van der Waals surface area contributed by atoms with E-state index in [-0.39, 0.29) is 5.91 Å². The van der Waals surface area contributed by atoms with Crippen LogP contribution < -0.4 is 5.32 Å². The molecule has 0 radical (unpaired) electrons. The molecule has 2 aromatic heterocycles. The van der Waals surface area contributed by atoms with E-state index < -0.39 is 0 Å². The maximum Gasteiger partial charge on any atom is 0.276 e. The van der Waals surface area contributed by atoms with Crippen LogP contribution in [0.15, 0.2) is 54.9 Å². The molecule has 0 atom stereocenters. The molecule has 1 saturated heterocycles. The first-order valence-electron chi connectivity index (χ1n) is 11.2. The number of likely N-dealkylation sites (tertiary alicyclic amines) is 1. The Balaban J connectivity index is 1.33. The van der Waals surface area contributed by atoms with E-state index in [9.17, 15) is 4.79 Å². The maximum atomic E-state index is 13.0. The van der Waals surface area contributed by atoms with Crippen LogP contribution in [0.5, 0.6) is 0 Å². The molecular weight excluding hydrogens is 400 g/mol. The van der Waals surface area contributed by atoms with E-state index in [1.807, 2.05) is 47.4 Å². The lowest BCUT2D eigenvalue weighted by Gasteiger charge is -2.14. The van der Waals surface area contributed by atoms with Crippen molar-refractivity contribution in [3.8, 4) is 11.1 Å². The number of carbonyl (C=O) groups excluding carboxylic acids is 1. The van der Waals surface area contributed by atoms with Gasteiger partial charge in [-0.25, -0.2) is 0 Å². The first-order valence-corrected chi connectivity index (χ1v) is 11.2. The second-order valence-electron chi connectivity index (χ2n) is 8.77. The van der Waals surface area contributed by atoms with Crippen LogP contribution in [0.2, 0.25) is 0 Å². The fraction of sp³-hybridized carbons (Fsp3) is 0.320. The van der Waals surface area contributed by atoms with Gasteiger partial charge in [-0.2, -0.15) is 10.2 Å². The minimum absolute atomic E-state index is 0.224. The highest BCUT2D eigenvalue weighted by Gasteiger charge is 2.16. The summed E-state index contributed by atoms with van der Waals surface area (Å²) < 4.78 is 1.93. The minimum Gasteiger partial charge on any atom is -0.321 e. The number of nitrogens with zero attached hydrogens (tertiary/aromatic N) is 4. The van der Waals surface area contributed by atoms with Crippen LogP contribution in [0.1, 0.15) is 48.8 Å². The highest BCUT2D eigenvalue weighted by molar-refractivity contribution is 6.11. The van der Waals surface area contributed by atoms with Gasteiger partial charge in [-0.1, -0.05) is 18.2 Å². The zero-order valence-electron chi connectivity index (χ0n) is 18.5. The number of anilines is 1. The smallest absolute Gasteiger partial charge is 0.276 e. The number of hydrogen-bond acceptors (Lipinski definition) is 4. The van der Waals surface area contributed by atoms with E-state index in [1.54, 1.807) is 0 Å². The summed E-state index contributed by atoms with van der Waals surface area (Å²) in [5.74, 6) is -0.224. The average Bonchev–Trinajstić information content (AvgIpc) is 3.55. The lowest BCUT2D eigenvalue weighted by molar-refractivity contribution is 0.102. The van der Waals surface area contributed by atoms with Gasteiger partial charge in [0, 0.05) is 35.4 Å². The molecule has 5 rings (SSSR count).